The fourth-order valence-corrected chi connectivity index (χ4v) is 3.91. The summed E-state index contributed by atoms with van der Waals surface area (Å²) in [6.07, 6.45) is 1.54. The zero-order valence-electron chi connectivity index (χ0n) is 17.1. The van der Waals surface area contributed by atoms with E-state index in [0.717, 1.165) is 48.6 Å². The average molecular weight is 383 g/mol. The topological polar surface area (TPSA) is 90.1 Å². The molecule has 1 aromatic heterocycles. The minimum Gasteiger partial charge on any atom is -0.347 e. The summed E-state index contributed by atoms with van der Waals surface area (Å²) < 4.78 is 0. The monoisotopic (exact) mass is 383 g/mol. The lowest BCUT2D eigenvalue weighted by Gasteiger charge is -2.42. The summed E-state index contributed by atoms with van der Waals surface area (Å²) in [5.74, 6) is -0.0763. The molecule has 2 aromatic rings. The van der Waals surface area contributed by atoms with Gasteiger partial charge in [-0.15, -0.1) is 0 Å². The smallest absolute Gasteiger partial charge is 0.238 e. The summed E-state index contributed by atoms with van der Waals surface area (Å²) in [5.41, 5.74) is 4.35. The highest BCUT2D eigenvalue weighted by atomic mass is 16.2. The SMILES string of the molecule is CC(=O)NC1(c2ccc(C)cc2)CCN(CC(=O)Nc2c(C)n[nH]c2C)CC1. The highest BCUT2D eigenvalue weighted by molar-refractivity contribution is 5.93. The van der Waals surface area contributed by atoms with E-state index in [2.05, 4.69) is 56.9 Å². The lowest BCUT2D eigenvalue weighted by molar-refractivity contribution is -0.122. The van der Waals surface area contributed by atoms with Crippen LogP contribution in [-0.4, -0.2) is 46.5 Å². The van der Waals surface area contributed by atoms with Gasteiger partial charge in [-0.1, -0.05) is 29.8 Å². The van der Waals surface area contributed by atoms with Crippen LogP contribution in [-0.2, 0) is 15.1 Å². The van der Waals surface area contributed by atoms with Crippen molar-refractivity contribution in [3.63, 3.8) is 0 Å². The van der Waals surface area contributed by atoms with E-state index in [1.54, 1.807) is 6.92 Å². The number of benzene rings is 1. The molecule has 7 heteroatoms. The van der Waals surface area contributed by atoms with Crippen molar-refractivity contribution in [3.8, 4) is 0 Å². The number of piperidine rings is 1. The first kappa shape index (κ1) is 20.1. The van der Waals surface area contributed by atoms with Gasteiger partial charge in [-0.3, -0.25) is 19.6 Å². The molecule has 28 heavy (non-hydrogen) atoms. The highest BCUT2D eigenvalue weighted by Gasteiger charge is 2.37. The molecule has 0 atom stereocenters. The number of amides is 2. The zero-order valence-corrected chi connectivity index (χ0v) is 17.1. The molecular formula is C21H29N5O2. The van der Waals surface area contributed by atoms with Crippen LogP contribution in [0.2, 0.25) is 0 Å². The van der Waals surface area contributed by atoms with E-state index in [-0.39, 0.29) is 17.4 Å². The third-order valence-electron chi connectivity index (χ3n) is 5.49. The molecule has 0 saturated carbocycles. The van der Waals surface area contributed by atoms with Gasteiger partial charge in [0, 0.05) is 20.0 Å². The fraction of sp³-hybridized carbons (Fsp3) is 0.476. The van der Waals surface area contributed by atoms with E-state index in [1.807, 2.05) is 13.8 Å². The predicted octanol–water partition coefficient (Wildman–Crippen LogP) is 2.40. The standard InChI is InChI=1S/C21H29N5O2/c1-14-5-7-18(8-6-14)21(23-17(4)27)9-11-26(12-10-21)13-19(28)22-20-15(2)24-25-16(20)3/h5-8H,9-13H2,1-4H3,(H,22,28)(H,23,27)(H,24,25). The molecule has 1 aliphatic heterocycles. The molecule has 1 fully saturated rings. The van der Waals surface area contributed by atoms with Gasteiger partial charge >= 0.3 is 0 Å². The molecule has 0 radical (unpaired) electrons. The Morgan fingerprint density at radius 1 is 1.14 bits per heavy atom. The van der Waals surface area contributed by atoms with Crippen LogP contribution in [0.15, 0.2) is 24.3 Å². The summed E-state index contributed by atoms with van der Waals surface area (Å²) >= 11 is 0. The molecule has 1 saturated heterocycles. The van der Waals surface area contributed by atoms with Gasteiger partial charge in [0.25, 0.3) is 0 Å². The number of aromatic amines is 1. The fourth-order valence-electron chi connectivity index (χ4n) is 3.91. The number of anilines is 1. The second-order valence-corrected chi connectivity index (χ2v) is 7.76. The zero-order chi connectivity index (χ0) is 20.3. The van der Waals surface area contributed by atoms with Crippen LogP contribution >= 0.6 is 0 Å². The maximum atomic E-state index is 12.5. The van der Waals surface area contributed by atoms with Crippen LogP contribution in [0.5, 0.6) is 0 Å². The lowest BCUT2D eigenvalue weighted by Crippen LogP contribution is -2.53. The Morgan fingerprint density at radius 2 is 1.79 bits per heavy atom. The van der Waals surface area contributed by atoms with Crippen molar-refractivity contribution < 1.29 is 9.59 Å². The number of aryl methyl sites for hydroxylation is 3. The summed E-state index contributed by atoms with van der Waals surface area (Å²) in [4.78, 5) is 26.5. The maximum absolute atomic E-state index is 12.5. The van der Waals surface area contributed by atoms with Gasteiger partial charge in [-0.25, -0.2) is 0 Å². The summed E-state index contributed by atoms with van der Waals surface area (Å²) in [6, 6.07) is 8.35. The summed E-state index contributed by atoms with van der Waals surface area (Å²) in [6.45, 7) is 9.18. The molecule has 0 spiro atoms. The maximum Gasteiger partial charge on any atom is 0.238 e. The predicted molar refractivity (Wildman–Crippen MR) is 109 cm³/mol. The van der Waals surface area contributed by atoms with Gasteiger partial charge in [0.1, 0.15) is 0 Å². The number of carbonyl (C=O) groups is 2. The van der Waals surface area contributed by atoms with Gasteiger partial charge in [-0.2, -0.15) is 5.10 Å². The molecular weight excluding hydrogens is 354 g/mol. The normalized spacial score (nSPS) is 16.6. The van der Waals surface area contributed by atoms with Gasteiger partial charge in [-0.05, 0) is 39.2 Å². The third-order valence-corrected chi connectivity index (χ3v) is 5.49. The van der Waals surface area contributed by atoms with Crippen LogP contribution < -0.4 is 10.6 Å². The Labute approximate surface area is 165 Å². The molecule has 0 unspecified atom stereocenters. The Morgan fingerprint density at radius 3 is 2.32 bits per heavy atom. The van der Waals surface area contributed by atoms with Gasteiger partial charge in [0.15, 0.2) is 0 Å². The van der Waals surface area contributed by atoms with E-state index in [4.69, 9.17) is 0 Å². The second-order valence-electron chi connectivity index (χ2n) is 7.76. The number of hydrogen-bond acceptors (Lipinski definition) is 4. The molecule has 1 aromatic carbocycles. The molecule has 3 rings (SSSR count). The number of nitrogens with one attached hydrogen (secondary N) is 3. The third kappa shape index (κ3) is 4.42. The minimum absolute atomic E-state index is 0.0299. The van der Waals surface area contributed by atoms with Crippen LogP contribution in [0, 0.1) is 20.8 Å². The number of likely N-dealkylation sites (tertiary alicyclic amines) is 1. The summed E-state index contributed by atoms with van der Waals surface area (Å²) in [5, 5.41) is 13.1. The molecule has 150 valence electrons. The van der Waals surface area contributed by atoms with Crippen LogP contribution in [0.3, 0.4) is 0 Å². The number of rotatable bonds is 5. The Hall–Kier alpha value is -2.67. The Bertz CT molecular complexity index is 829. The first-order valence-corrected chi connectivity index (χ1v) is 9.69. The van der Waals surface area contributed by atoms with Crippen LogP contribution in [0.25, 0.3) is 0 Å². The molecule has 7 nitrogen and oxygen atoms in total. The van der Waals surface area contributed by atoms with Crippen LogP contribution in [0.4, 0.5) is 5.69 Å². The van der Waals surface area contributed by atoms with Crippen molar-refractivity contribution in [1.29, 1.82) is 0 Å². The van der Waals surface area contributed by atoms with Crippen molar-refractivity contribution >= 4 is 17.5 Å². The second kappa shape index (κ2) is 8.14. The van der Waals surface area contributed by atoms with Crippen molar-refractivity contribution in [2.75, 3.05) is 25.0 Å². The molecule has 0 bridgehead atoms. The quantitative estimate of drug-likeness (QED) is 0.740. The molecule has 1 aliphatic rings. The van der Waals surface area contributed by atoms with Gasteiger partial charge < -0.3 is 10.6 Å². The van der Waals surface area contributed by atoms with Gasteiger partial charge in [0.2, 0.25) is 11.8 Å². The first-order valence-electron chi connectivity index (χ1n) is 9.69. The van der Waals surface area contributed by atoms with E-state index < -0.39 is 0 Å². The number of H-pyrrole nitrogens is 1. The minimum atomic E-state index is -0.371. The average Bonchev–Trinajstić information content (AvgIpc) is 2.95. The number of nitrogens with zero attached hydrogens (tertiary/aromatic N) is 2. The van der Waals surface area contributed by atoms with Crippen LogP contribution in [0.1, 0.15) is 42.3 Å². The number of hydrogen-bond donors (Lipinski definition) is 3. The van der Waals surface area contributed by atoms with Crippen molar-refractivity contribution in [3.05, 3.63) is 46.8 Å². The van der Waals surface area contributed by atoms with E-state index >= 15 is 0 Å². The largest absolute Gasteiger partial charge is 0.347 e. The van der Waals surface area contributed by atoms with Gasteiger partial charge in [0.05, 0.1) is 29.2 Å². The molecule has 3 N–H and O–H groups in total. The summed E-state index contributed by atoms with van der Waals surface area (Å²) in [7, 11) is 0. The molecule has 2 amide bonds. The van der Waals surface area contributed by atoms with Crippen molar-refractivity contribution in [2.24, 2.45) is 0 Å². The Balaban J connectivity index is 1.64. The molecule has 2 heterocycles. The molecule has 0 aliphatic carbocycles. The van der Waals surface area contributed by atoms with Crippen molar-refractivity contribution in [1.82, 2.24) is 20.4 Å². The Kier molecular flexibility index (Phi) is 5.84. The van der Waals surface area contributed by atoms with E-state index in [9.17, 15) is 9.59 Å². The number of aromatic nitrogens is 2. The first-order chi connectivity index (χ1) is 13.3. The highest BCUT2D eigenvalue weighted by Crippen LogP contribution is 2.33. The van der Waals surface area contributed by atoms with E-state index in [1.165, 1.54) is 5.56 Å². The number of carbonyl (C=O) groups excluding carboxylic acids is 2. The van der Waals surface area contributed by atoms with E-state index in [0.29, 0.717) is 6.54 Å². The van der Waals surface area contributed by atoms with Crippen molar-refractivity contribution in [2.45, 2.75) is 46.1 Å². The lowest BCUT2D eigenvalue weighted by atomic mass is 9.80.